The van der Waals surface area contributed by atoms with Crippen LogP contribution < -0.4 is 11.1 Å². The highest BCUT2D eigenvalue weighted by Gasteiger charge is 2.26. The number of benzene rings is 2. The Balaban J connectivity index is 1.70. The number of fused-ring (bicyclic) bond motifs is 1. The lowest BCUT2D eigenvalue weighted by atomic mass is 9.99. The van der Waals surface area contributed by atoms with E-state index in [-0.39, 0.29) is 18.4 Å². The Morgan fingerprint density at radius 3 is 2.70 bits per heavy atom. The number of hydrogen-bond acceptors (Lipinski definition) is 6. The second kappa shape index (κ2) is 9.07. The summed E-state index contributed by atoms with van der Waals surface area (Å²) in [5, 5.41) is 4.30. The van der Waals surface area contributed by atoms with Crippen LogP contribution in [0.5, 0.6) is 0 Å². The van der Waals surface area contributed by atoms with E-state index in [1.807, 2.05) is 36.4 Å². The Hall–Kier alpha value is -2.55. The topological polar surface area (TPSA) is 87.4 Å². The van der Waals surface area contributed by atoms with Gasteiger partial charge in [-0.2, -0.15) is 0 Å². The maximum atomic E-state index is 11.8. The molecule has 1 unspecified atom stereocenters. The Kier molecular flexibility index (Phi) is 6.26. The molecule has 1 aliphatic rings. The number of nitrogens with two attached hydrogens (primary N) is 1. The van der Waals surface area contributed by atoms with Crippen LogP contribution in [0, 0.1) is 0 Å². The van der Waals surface area contributed by atoms with Gasteiger partial charge in [0, 0.05) is 54.2 Å². The molecule has 7 nitrogen and oxygen atoms in total. The van der Waals surface area contributed by atoms with Gasteiger partial charge in [-0.3, -0.25) is 9.69 Å². The van der Waals surface area contributed by atoms with E-state index in [0.717, 1.165) is 58.6 Å². The number of aromatic nitrogens is 2. The first-order chi connectivity index (χ1) is 14.5. The van der Waals surface area contributed by atoms with E-state index in [2.05, 4.69) is 54.1 Å². The van der Waals surface area contributed by atoms with Crippen molar-refractivity contribution in [3.63, 3.8) is 0 Å². The number of carbonyl (C=O) groups excluding carboxylic acids is 1. The molecule has 0 radical (unpaired) electrons. The van der Waals surface area contributed by atoms with Crippen LogP contribution in [-0.4, -0.2) is 58.9 Å². The highest BCUT2D eigenvalue weighted by Crippen LogP contribution is 2.31. The van der Waals surface area contributed by atoms with Gasteiger partial charge in [-0.05, 0) is 42.9 Å². The summed E-state index contributed by atoms with van der Waals surface area (Å²) in [6, 6.07) is 14.0. The van der Waals surface area contributed by atoms with Gasteiger partial charge in [-0.1, -0.05) is 28.1 Å². The zero-order valence-corrected chi connectivity index (χ0v) is 18.5. The molecule has 1 amide bonds. The van der Waals surface area contributed by atoms with Crippen LogP contribution in [0.1, 0.15) is 18.0 Å². The van der Waals surface area contributed by atoms with Gasteiger partial charge >= 0.3 is 0 Å². The fraction of sp³-hybridized carbons (Fsp3) is 0.318. The second-order valence-corrected chi connectivity index (χ2v) is 8.58. The molecule has 3 N–H and O–H groups in total. The summed E-state index contributed by atoms with van der Waals surface area (Å²) in [5.41, 5.74) is 8.44. The van der Waals surface area contributed by atoms with Gasteiger partial charge in [0.1, 0.15) is 12.1 Å². The standard InChI is InChI=1S/C22H25BrN6O/c1-28-7-9-29(10-8-28)20(13-21(24)30)15-5-6-19-18(11-15)22(26-14-25-19)27-17-4-2-3-16(23)12-17/h2-6,11-12,14,20H,7-10,13H2,1H3,(H2,24,30)(H,25,26,27). The predicted molar refractivity (Wildman–Crippen MR) is 123 cm³/mol. The molecule has 0 saturated carbocycles. The number of amides is 1. The molecule has 0 bridgehead atoms. The van der Waals surface area contributed by atoms with E-state index in [1.165, 1.54) is 0 Å². The van der Waals surface area contributed by atoms with Crippen LogP contribution in [0.15, 0.2) is 53.3 Å². The Morgan fingerprint density at radius 2 is 1.97 bits per heavy atom. The van der Waals surface area contributed by atoms with Gasteiger partial charge in [-0.15, -0.1) is 0 Å². The van der Waals surface area contributed by atoms with Gasteiger partial charge in [-0.25, -0.2) is 9.97 Å². The fourth-order valence-corrected chi connectivity index (χ4v) is 4.27. The molecule has 8 heteroatoms. The summed E-state index contributed by atoms with van der Waals surface area (Å²) in [5.74, 6) is 0.437. The first-order valence-corrected chi connectivity index (χ1v) is 10.8. The minimum atomic E-state index is -0.296. The van der Waals surface area contributed by atoms with Crippen molar-refractivity contribution in [3.05, 3.63) is 58.8 Å². The lowest BCUT2D eigenvalue weighted by molar-refractivity contribution is -0.119. The summed E-state index contributed by atoms with van der Waals surface area (Å²) in [7, 11) is 2.12. The molecular formula is C22H25BrN6O. The third kappa shape index (κ3) is 4.77. The van der Waals surface area contributed by atoms with E-state index in [0.29, 0.717) is 0 Å². The summed E-state index contributed by atoms with van der Waals surface area (Å²) in [6.45, 7) is 3.76. The van der Waals surface area contributed by atoms with Crippen molar-refractivity contribution in [2.24, 2.45) is 5.73 Å². The largest absolute Gasteiger partial charge is 0.370 e. The number of piperazine rings is 1. The number of anilines is 2. The first kappa shape index (κ1) is 20.7. The summed E-state index contributed by atoms with van der Waals surface area (Å²) >= 11 is 3.50. The van der Waals surface area contributed by atoms with Gasteiger partial charge in [0.25, 0.3) is 0 Å². The van der Waals surface area contributed by atoms with Crippen molar-refractivity contribution in [2.45, 2.75) is 12.5 Å². The molecule has 1 aromatic heterocycles. The van der Waals surface area contributed by atoms with Crippen molar-refractivity contribution < 1.29 is 4.79 Å². The summed E-state index contributed by atoms with van der Waals surface area (Å²) < 4.78 is 0.989. The van der Waals surface area contributed by atoms with Crippen LogP contribution >= 0.6 is 15.9 Å². The number of primary amides is 1. The lowest BCUT2D eigenvalue weighted by Crippen LogP contribution is -2.46. The monoisotopic (exact) mass is 468 g/mol. The average Bonchev–Trinajstić information content (AvgIpc) is 2.73. The smallest absolute Gasteiger partial charge is 0.219 e. The number of nitrogens with one attached hydrogen (secondary N) is 1. The molecule has 1 fully saturated rings. The fourth-order valence-electron chi connectivity index (χ4n) is 3.87. The van der Waals surface area contributed by atoms with Crippen molar-refractivity contribution in [3.8, 4) is 0 Å². The van der Waals surface area contributed by atoms with E-state index < -0.39 is 0 Å². The van der Waals surface area contributed by atoms with E-state index >= 15 is 0 Å². The summed E-state index contributed by atoms with van der Waals surface area (Å²) in [4.78, 5) is 25.4. The summed E-state index contributed by atoms with van der Waals surface area (Å²) in [6.07, 6.45) is 1.85. The molecule has 2 aromatic carbocycles. The normalized spacial score (nSPS) is 16.5. The Bertz CT molecular complexity index is 1050. The van der Waals surface area contributed by atoms with Gasteiger partial charge in [0.15, 0.2) is 0 Å². The first-order valence-electron chi connectivity index (χ1n) is 9.98. The molecule has 0 aliphatic carbocycles. The number of hydrogen-bond donors (Lipinski definition) is 2. The van der Waals surface area contributed by atoms with Crippen molar-refractivity contribution >= 4 is 44.2 Å². The molecule has 30 heavy (non-hydrogen) atoms. The molecule has 4 rings (SSSR count). The Labute approximate surface area is 184 Å². The number of halogens is 1. The molecule has 1 atom stereocenters. The minimum Gasteiger partial charge on any atom is -0.370 e. The van der Waals surface area contributed by atoms with Crippen LogP contribution in [-0.2, 0) is 4.79 Å². The predicted octanol–water partition coefficient (Wildman–Crippen LogP) is 3.30. The van der Waals surface area contributed by atoms with E-state index in [9.17, 15) is 4.79 Å². The van der Waals surface area contributed by atoms with Gasteiger partial charge in [0.2, 0.25) is 5.91 Å². The zero-order chi connectivity index (χ0) is 21.1. The van der Waals surface area contributed by atoms with E-state index in [4.69, 9.17) is 5.73 Å². The van der Waals surface area contributed by atoms with Crippen LogP contribution in [0.4, 0.5) is 11.5 Å². The average molecular weight is 469 g/mol. The van der Waals surface area contributed by atoms with Gasteiger partial charge < -0.3 is 16.0 Å². The maximum absolute atomic E-state index is 11.8. The molecule has 3 aromatic rings. The quantitative estimate of drug-likeness (QED) is 0.576. The van der Waals surface area contributed by atoms with E-state index in [1.54, 1.807) is 6.33 Å². The SMILES string of the molecule is CN1CCN(C(CC(N)=O)c2ccc3ncnc(Nc4cccc(Br)c4)c3c2)CC1. The zero-order valence-electron chi connectivity index (χ0n) is 16.9. The highest BCUT2D eigenvalue weighted by atomic mass is 79.9. The van der Waals surface area contributed by atoms with Crippen molar-refractivity contribution in [1.82, 2.24) is 19.8 Å². The van der Waals surface area contributed by atoms with Crippen molar-refractivity contribution in [1.29, 1.82) is 0 Å². The van der Waals surface area contributed by atoms with Crippen LogP contribution in [0.3, 0.4) is 0 Å². The maximum Gasteiger partial charge on any atom is 0.219 e. The molecular weight excluding hydrogens is 444 g/mol. The number of rotatable bonds is 6. The third-order valence-electron chi connectivity index (χ3n) is 5.50. The second-order valence-electron chi connectivity index (χ2n) is 7.66. The van der Waals surface area contributed by atoms with Crippen LogP contribution in [0.2, 0.25) is 0 Å². The number of likely N-dealkylation sites (N-methyl/N-ethyl adjacent to an activating group) is 1. The minimum absolute atomic E-state index is 0.0560. The molecule has 156 valence electrons. The molecule has 2 heterocycles. The number of nitrogens with zero attached hydrogens (tertiary/aromatic N) is 4. The van der Waals surface area contributed by atoms with Crippen molar-refractivity contribution in [2.75, 3.05) is 38.5 Å². The lowest BCUT2D eigenvalue weighted by Gasteiger charge is -2.38. The molecule has 1 saturated heterocycles. The molecule has 1 aliphatic heterocycles. The third-order valence-corrected chi connectivity index (χ3v) is 6.00. The van der Waals surface area contributed by atoms with Crippen LogP contribution in [0.25, 0.3) is 10.9 Å². The number of carbonyl (C=O) groups is 1. The molecule has 0 spiro atoms. The van der Waals surface area contributed by atoms with Gasteiger partial charge in [0.05, 0.1) is 5.52 Å². The Morgan fingerprint density at radius 1 is 1.17 bits per heavy atom. The highest BCUT2D eigenvalue weighted by molar-refractivity contribution is 9.10.